The molecule has 3 aromatic rings. The molecule has 1 saturated heterocycles. The van der Waals surface area contributed by atoms with E-state index in [1.54, 1.807) is 36.1 Å². The van der Waals surface area contributed by atoms with Crippen molar-refractivity contribution < 1.29 is 14.0 Å². The molecule has 0 saturated carbocycles. The quantitative estimate of drug-likeness (QED) is 0.609. The third-order valence-corrected chi connectivity index (χ3v) is 6.26. The van der Waals surface area contributed by atoms with Gasteiger partial charge in [-0.05, 0) is 61.4 Å². The summed E-state index contributed by atoms with van der Waals surface area (Å²) >= 11 is 1.48. The fourth-order valence-corrected chi connectivity index (χ4v) is 4.53. The topological polar surface area (TPSA) is 49.4 Å². The standard InChI is InChI=1S/C24H21FN2O2S/c1-15-6-9-17(10-7-15)23(29)26-19-5-3-4-18(12-19)24-27(22(28)14-30-24)20-11-8-16(2)21(25)13-20/h3-13,24H,14H2,1-2H3,(H,26,29)/t24-/m1/s1. The normalized spacial score (nSPS) is 16.0. The Morgan fingerprint density at radius 1 is 1.07 bits per heavy atom. The highest BCUT2D eigenvalue weighted by Crippen LogP contribution is 2.42. The van der Waals surface area contributed by atoms with Gasteiger partial charge in [0.05, 0.1) is 5.75 Å². The van der Waals surface area contributed by atoms with Crippen LogP contribution in [0.1, 0.15) is 32.4 Å². The molecular weight excluding hydrogens is 399 g/mol. The van der Waals surface area contributed by atoms with Gasteiger partial charge in [-0.2, -0.15) is 0 Å². The minimum absolute atomic E-state index is 0.0673. The predicted molar refractivity (Wildman–Crippen MR) is 119 cm³/mol. The Morgan fingerprint density at radius 3 is 2.57 bits per heavy atom. The molecule has 0 bridgehead atoms. The molecule has 1 aliphatic heterocycles. The molecule has 0 aliphatic carbocycles. The van der Waals surface area contributed by atoms with Gasteiger partial charge < -0.3 is 5.32 Å². The van der Waals surface area contributed by atoms with Crippen LogP contribution in [0.2, 0.25) is 0 Å². The van der Waals surface area contributed by atoms with Crippen LogP contribution in [-0.2, 0) is 4.79 Å². The Morgan fingerprint density at radius 2 is 1.83 bits per heavy atom. The van der Waals surface area contributed by atoms with E-state index >= 15 is 0 Å². The lowest BCUT2D eigenvalue weighted by atomic mass is 10.1. The van der Waals surface area contributed by atoms with Crippen molar-refractivity contribution in [2.75, 3.05) is 16.0 Å². The molecule has 152 valence electrons. The first-order valence-electron chi connectivity index (χ1n) is 9.60. The molecule has 3 aromatic carbocycles. The molecule has 2 amide bonds. The third-order valence-electron chi connectivity index (χ3n) is 5.04. The fourth-order valence-electron chi connectivity index (χ4n) is 3.36. The molecule has 0 aromatic heterocycles. The minimum atomic E-state index is -0.338. The number of hydrogen-bond acceptors (Lipinski definition) is 3. The lowest BCUT2D eigenvalue weighted by Gasteiger charge is -2.25. The lowest BCUT2D eigenvalue weighted by Crippen LogP contribution is -2.28. The number of carbonyl (C=O) groups excluding carboxylic acids is 2. The van der Waals surface area contributed by atoms with E-state index in [2.05, 4.69) is 5.32 Å². The van der Waals surface area contributed by atoms with Crippen LogP contribution in [0.3, 0.4) is 0 Å². The number of rotatable bonds is 4. The smallest absolute Gasteiger partial charge is 0.255 e. The second-order valence-electron chi connectivity index (χ2n) is 7.31. The van der Waals surface area contributed by atoms with Gasteiger partial charge in [0.1, 0.15) is 11.2 Å². The summed E-state index contributed by atoms with van der Waals surface area (Å²) in [6.45, 7) is 3.66. The number of nitrogens with one attached hydrogen (secondary N) is 1. The van der Waals surface area contributed by atoms with Crippen LogP contribution in [0.15, 0.2) is 66.7 Å². The average Bonchev–Trinajstić information content (AvgIpc) is 3.12. The molecule has 1 heterocycles. The van der Waals surface area contributed by atoms with Gasteiger partial charge >= 0.3 is 0 Å². The highest BCUT2D eigenvalue weighted by atomic mass is 32.2. The summed E-state index contributed by atoms with van der Waals surface area (Å²) in [4.78, 5) is 26.7. The summed E-state index contributed by atoms with van der Waals surface area (Å²) in [6.07, 6.45) is 0. The Bertz CT molecular complexity index is 1110. The van der Waals surface area contributed by atoms with Crippen LogP contribution in [-0.4, -0.2) is 17.6 Å². The van der Waals surface area contributed by atoms with Crippen molar-refractivity contribution in [3.63, 3.8) is 0 Å². The van der Waals surface area contributed by atoms with Crippen LogP contribution < -0.4 is 10.2 Å². The van der Waals surface area contributed by atoms with Gasteiger partial charge in [-0.15, -0.1) is 11.8 Å². The number of benzene rings is 3. The van der Waals surface area contributed by atoms with Gasteiger partial charge in [0.15, 0.2) is 0 Å². The first kappa shape index (κ1) is 20.2. The monoisotopic (exact) mass is 420 g/mol. The summed E-state index contributed by atoms with van der Waals surface area (Å²) in [5.74, 6) is -0.280. The number of halogens is 1. The van der Waals surface area contributed by atoms with Gasteiger partial charge in [0.25, 0.3) is 5.91 Å². The Hall–Kier alpha value is -3.12. The molecule has 1 fully saturated rings. The SMILES string of the molecule is Cc1ccc(C(=O)Nc2cccc([C@H]3SCC(=O)N3c3ccc(C)c(F)c3)c2)cc1. The zero-order valence-corrected chi connectivity index (χ0v) is 17.5. The number of nitrogens with zero attached hydrogens (tertiary/aromatic N) is 1. The van der Waals surface area contributed by atoms with Gasteiger partial charge in [-0.3, -0.25) is 14.5 Å². The van der Waals surface area contributed by atoms with E-state index in [0.29, 0.717) is 28.3 Å². The van der Waals surface area contributed by atoms with Crippen LogP contribution in [0.5, 0.6) is 0 Å². The highest BCUT2D eigenvalue weighted by Gasteiger charge is 2.34. The summed E-state index contributed by atoms with van der Waals surface area (Å²) in [5.41, 5.74) is 4.25. The summed E-state index contributed by atoms with van der Waals surface area (Å²) in [5, 5.41) is 2.63. The van der Waals surface area contributed by atoms with E-state index in [-0.39, 0.29) is 23.0 Å². The number of aryl methyl sites for hydroxylation is 2. The molecule has 30 heavy (non-hydrogen) atoms. The van der Waals surface area contributed by atoms with Gasteiger partial charge in [-0.25, -0.2) is 4.39 Å². The maximum atomic E-state index is 14.1. The number of amides is 2. The number of carbonyl (C=O) groups is 2. The maximum absolute atomic E-state index is 14.1. The molecule has 6 heteroatoms. The van der Waals surface area contributed by atoms with E-state index in [1.807, 2.05) is 43.3 Å². The van der Waals surface area contributed by atoms with Crippen LogP contribution in [0.4, 0.5) is 15.8 Å². The number of anilines is 2. The first-order chi connectivity index (χ1) is 14.4. The van der Waals surface area contributed by atoms with E-state index in [9.17, 15) is 14.0 Å². The molecule has 1 N–H and O–H groups in total. The second kappa shape index (κ2) is 8.32. The van der Waals surface area contributed by atoms with Crippen molar-refractivity contribution in [3.8, 4) is 0 Å². The van der Waals surface area contributed by atoms with Crippen molar-refractivity contribution in [2.45, 2.75) is 19.2 Å². The zero-order valence-electron chi connectivity index (χ0n) is 16.7. The van der Waals surface area contributed by atoms with Crippen LogP contribution in [0.25, 0.3) is 0 Å². The molecule has 4 rings (SSSR count). The molecule has 0 unspecified atom stereocenters. The summed E-state index contributed by atoms with van der Waals surface area (Å²) in [7, 11) is 0. The van der Waals surface area contributed by atoms with Gasteiger partial charge in [0.2, 0.25) is 5.91 Å². The molecule has 0 spiro atoms. The van der Waals surface area contributed by atoms with E-state index in [0.717, 1.165) is 11.1 Å². The summed E-state index contributed by atoms with van der Waals surface area (Å²) < 4.78 is 14.1. The van der Waals surface area contributed by atoms with E-state index in [1.165, 1.54) is 17.8 Å². The first-order valence-corrected chi connectivity index (χ1v) is 10.6. The lowest BCUT2D eigenvalue weighted by molar-refractivity contribution is -0.115. The van der Waals surface area contributed by atoms with Crippen molar-refractivity contribution >= 4 is 35.0 Å². The largest absolute Gasteiger partial charge is 0.322 e. The van der Waals surface area contributed by atoms with E-state index in [4.69, 9.17) is 0 Å². The molecule has 1 aliphatic rings. The predicted octanol–water partition coefficient (Wildman–Crippen LogP) is 5.47. The molecule has 4 nitrogen and oxygen atoms in total. The Balaban J connectivity index is 1.59. The molecule has 0 radical (unpaired) electrons. The second-order valence-corrected chi connectivity index (χ2v) is 8.37. The molecule has 1 atom stereocenters. The minimum Gasteiger partial charge on any atom is -0.322 e. The van der Waals surface area contributed by atoms with Crippen molar-refractivity contribution in [1.29, 1.82) is 0 Å². The summed E-state index contributed by atoms with van der Waals surface area (Å²) in [6, 6.07) is 19.6. The maximum Gasteiger partial charge on any atom is 0.255 e. The van der Waals surface area contributed by atoms with Gasteiger partial charge in [0, 0.05) is 16.9 Å². The van der Waals surface area contributed by atoms with Crippen molar-refractivity contribution in [2.24, 2.45) is 0 Å². The third kappa shape index (κ3) is 4.09. The van der Waals surface area contributed by atoms with Crippen LogP contribution in [0, 0.1) is 19.7 Å². The van der Waals surface area contributed by atoms with Crippen molar-refractivity contribution in [1.82, 2.24) is 0 Å². The van der Waals surface area contributed by atoms with Crippen molar-refractivity contribution in [3.05, 3.63) is 94.8 Å². The highest BCUT2D eigenvalue weighted by molar-refractivity contribution is 8.00. The average molecular weight is 421 g/mol. The fraction of sp³-hybridized carbons (Fsp3) is 0.167. The number of hydrogen-bond donors (Lipinski definition) is 1. The molecular formula is C24H21FN2O2S. The Labute approximate surface area is 179 Å². The zero-order chi connectivity index (χ0) is 21.3. The van der Waals surface area contributed by atoms with Gasteiger partial charge in [-0.1, -0.05) is 35.9 Å². The van der Waals surface area contributed by atoms with Crippen LogP contribution >= 0.6 is 11.8 Å². The Kier molecular flexibility index (Phi) is 5.59. The van der Waals surface area contributed by atoms with E-state index < -0.39 is 0 Å². The number of thioether (sulfide) groups is 1.